The zero-order valence-electron chi connectivity index (χ0n) is 14.2. The monoisotopic (exact) mass is 388 g/mol. The van der Waals surface area contributed by atoms with Crippen LogP contribution in [0.2, 0.25) is 0 Å². The molecule has 0 atom stereocenters. The Morgan fingerprint density at radius 3 is 1.58 bits per heavy atom. The summed E-state index contributed by atoms with van der Waals surface area (Å²) in [5.41, 5.74) is 1.68. The molecule has 0 radical (unpaired) electrons. The lowest BCUT2D eigenvalue weighted by Gasteiger charge is -2.03. The van der Waals surface area contributed by atoms with E-state index < -0.39 is 0 Å². The molecular formula is C18H16N2O4S2. The van der Waals surface area contributed by atoms with Gasteiger partial charge in [-0.2, -0.15) is 0 Å². The molecule has 2 heterocycles. The fourth-order valence-electron chi connectivity index (χ4n) is 2.43. The molecule has 2 aliphatic rings. The van der Waals surface area contributed by atoms with Gasteiger partial charge in [-0.05, 0) is 59.7 Å². The van der Waals surface area contributed by atoms with Crippen molar-refractivity contribution in [2.75, 3.05) is 13.6 Å². The summed E-state index contributed by atoms with van der Waals surface area (Å²) in [4.78, 5) is 9.19. The number of aliphatic imine (C=N–C) groups is 2. The normalized spacial score (nSPS) is 15.5. The van der Waals surface area contributed by atoms with Gasteiger partial charge in [0.05, 0.1) is 21.5 Å². The van der Waals surface area contributed by atoms with E-state index in [1.165, 1.54) is 0 Å². The molecule has 0 N–H and O–H groups in total. The topological polar surface area (TPSA) is 61.6 Å². The molecule has 0 saturated heterocycles. The minimum Gasteiger partial charge on any atom is -0.454 e. The van der Waals surface area contributed by atoms with Gasteiger partial charge >= 0.3 is 0 Å². The van der Waals surface area contributed by atoms with Gasteiger partial charge in [0.2, 0.25) is 13.6 Å². The molecule has 2 aliphatic heterocycles. The van der Waals surface area contributed by atoms with E-state index in [0.717, 1.165) is 44.5 Å². The van der Waals surface area contributed by atoms with Crippen LogP contribution in [0, 0.1) is 0 Å². The first kappa shape index (κ1) is 17.1. The third-order valence-electron chi connectivity index (χ3n) is 3.57. The number of ether oxygens (including phenoxy) is 4. The van der Waals surface area contributed by atoms with Gasteiger partial charge in [0.15, 0.2) is 23.0 Å². The van der Waals surface area contributed by atoms with E-state index in [0.29, 0.717) is 0 Å². The molecule has 26 heavy (non-hydrogen) atoms. The molecule has 0 aliphatic carbocycles. The van der Waals surface area contributed by atoms with Gasteiger partial charge in [-0.15, -0.1) is 0 Å². The van der Waals surface area contributed by atoms with E-state index in [9.17, 15) is 0 Å². The summed E-state index contributed by atoms with van der Waals surface area (Å²) in [6, 6.07) is 11.3. The van der Waals surface area contributed by atoms with Gasteiger partial charge in [-0.3, -0.25) is 0 Å². The highest BCUT2D eigenvalue weighted by Gasteiger charge is 2.14. The lowest BCUT2D eigenvalue weighted by molar-refractivity contribution is 0.173. The molecule has 8 heteroatoms. The van der Waals surface area contributed by atoms with Gasteiger partial charge < -0.3 is 18.9 Å². The predicted octanol–water partition coefficient (Wildman–Crippen LogP) is 5.33. The number of nitrogens with zero attached hydrogens (tertiary/aromatic N) is 2. The van der Waals surface area contributed by atoms with Crippen molar-refractivity contribution in [2.24, 2.45) is 9.98 Å². The number of hydrogen-bond donors (Lipinski definition) is 0. The molecule has 4 rings (SSSR count). The molecule has 2 aromatic carbocycles. The van der Waals surface area contributed by atoms with E-state index in [4.69, 9.17) is 18.9 Å². The van der Waals surface area contributed by atoms with E-state index in [1.54, 1.807) is 21.6 Å². The van der Waals surface area contributed by atoms with Crippen LogP contribution in [0.4, 0.5) is 11.4 Å². The second kappa shape index (κ2) is 7.51. The van der Waals surface area contributed by atoms with E-state index in [-0.39, 0.29) is 13.6 Å². The standard InChI is InChI=1S/C18H16N2O4S2/c1-11(19-13-3-5-15-17(7-13)23-9-21-15)25-26-12(2)20-14-4-6-16-18(8-14)24-10-22-16/h3-8H,9-10H2,1-2H3. The van der Waals surface area contributed by atoms with Crippen molar-refractivity contribution in [1.29, 1.82) is 0 Å². The maximum Gasteiger partial charge on any atom is 0.231 e. The van der Waals surface area contributed by atoms with Crippen molar-refractivity contribution in [3.63, 3.8) is 0 Å². The minimum absolute atomic E-state index is 0.265. The SMILES string of the molecule is CC(=Nc1ccc2c(c1)OCO2)SSC(C)=Nc1ccc2c(c1)OCO2. The second-order valence-electron chi connectivity index (χ2n) is 5.50. The first-order valence-corrected chi connectivity index (χ1v) is 10.1. The summed E-state index contributed by atoms with van der Waals surface area (Å²) in [6.45, 7) is 4.47. The van der Waals surface area contributed by atoms with Crippen LogP contribution in [-0.4, -0.2) is 23.7 Å². The molecular weight excluding hydrogens is 372 g/mol. The van der Waals surface area contributed by atoms with Crippen molar-refractivity contribution in [3.05, 3.63) is 36.4 Å². The average molecular weight is 388 g/mol. The van der Waals surface area contributed by atoms with Crippen molar-refractivity contribution >= 4 is 43.1 Å². The number of rotatable bonds is 2. The number of hydrogen-bond acceptors (Lipinski definition) is 8. The molecule has 0 unspecified atom stereocenters. The lowest BCUT2D eigenvalue weighted by Crippen LogP contribution is -1.92. The molecule has 0 fully saturated rings. The first-order valence-electron chi connectivity index (χ1n) is 7.92. The quantitative estimate of drug-likeness (QED) is 0.394. The maximum atomic E-state index is 5.38. The summed E-state index contributed by atoms with van der Waals surface area (Å²) in [5, 5.41) is 1.85. The molecule has 2 aromatic rings. The van der Waals surface area contributed by atoms with Crippen LogP contribution in [0.3, 0.4) is 0 Å². The Morgan fingerprint density at radius 1 is 0.692 bits per heavy atom. The summed E-state index contributed by atoms with van der Waals surface area (Å²) in [6.07, 6.45) is 0. The van der Waals surface area contributed by atoms with Gasteiger partial charge in [-0.25, -0.2) is 9.98 Å². The zero-order valence-corrected chi connectivity index (χ0v) is 15.9. The van der Waals surface area contributed by atoms with Crippen molar-refractivity contribution in [2.45, 2.75) is 13.8 Å². The Bertz CT molecular complexity index is 825. The molecule has 0 aromatic heterocycles. The summed E-state index contributed by atoms with van der Waals surface area (Å²) < 4.78 is 21.4. The Labute approximate surface area is 159 Å². The third-order valence-corrected chi connectivity index (χ3v) is 6.01. The molecule has 0 saturated carbocycles. The van der Waals surface area contributed by atoms with E-state index >= 15 is 0 Å². The Balaban J connectivity index is 1.38. The van der Waals surface area contributed by atoms with E-state index in [1.807, 2.05) is 50.2 Å². The van der Waals surface area contributed by atoms with Crippen molar-refractivity contribution < 1.29 is 18.9 Å². The lowest BCUT2D eigenvalue weighted by atomic mass is 10.3. The van der Waals surface area contributed by atoms with Gasteiger partial charge in [0.25, 0.3) is 0 Å². The Hall–Kier alpha value is -2.32. The highest BCUT2D eigenvalue weighted by atomic mass is 33.1. The Morgan fingerprint density at radius 2 is 1.12 bits per heavy atom. The predicted molar refractivity (Wildman–Crippen MR) is 106 cm³/mol. The fourth-order valence-corrected chi connectivity index (χ4v) is 3.90. The molecule has 6 nitrogen and oxygen atoms in total. The summed E-state index contributed by atoms with van der Waals surface area (Å²) >= 11 is 0. The third kappa shape index (κ3) is 3.91. The maximum absolute atomic E-state index is 5.38. The average Bonchev–Trinajstić information content (AvgIpc) is 3.28. The second-order valence-corrected chi connectivity index (χ2v) is 8.02. The summed E-state index contributed by atoms with van der Waals surface area (Å²) in [5.74, 6) is 2.99. The summed E-state index contributed by atoms with van der Waals surface area (Å²) in [7, 11) is 3.13. The van der Waals surface area contributed by atoms with Crippen LogP contribution >= 0.6 is 21.6 Å². The fraction of sp³-hybridized carbons (Fsp3) is 0.222. The van der Waals surface area contributed by atoms with Crippen LogP contribution in [0.1, 0.15) is 13.8 Å². The smallest absolute Gasteiger partial charge is 0.231 e. The molecule has 134 valence electrons. The minimum atomic E-state index is 0.265. The largest absolute Gasteiger partial charge is 0.454 e. The molecule has 0 spiro atoms. The van der Waals surface area contributed by atoms with Crippen LogP contribution in [-0.2, 0) is 0 Å². The van der Waals surface area contributed by atoms with E-state index in [2.05, 4.69) is 9.98 Å². The molecule has 0 amide bonds. The first-order chi connectivity index (χ1) is 12.7. The van der Waals surface area contributed by atoms with Gasteiger partial charge in [0, 0.05) is 12.1 Å². The zero-order chi connectivity index (χ0) is 17.9. The number of fused-ring (bicyclic) bond motifs is 2. The van der Waals surface area contributed by atoms with Crippen LogP contribution in [0.15, 0.2) is 46.4 Å². The van der Waals surface area contributed by atoms with Crippen molar-refractivity contribution in [3.8, 4) is 23.0 Å². The van der Waals surface area contributed by atoms with Crippen molar-refractivity contribution in [1.82, 2.24) is 0 Å². The van der Waals surface area contributed by atoms with Gasteiger partial charge in [0.1, 0.15) is 0 Å². The van der Waals surface area contributed by atoms with Crippen LogP contribution in [0.5, 0.6) is 23.0 Å². The van der Waals surface area contributed by atoms with Crippen LogP contribution in [0.25, 0.3) is 0 Å². The number of benzene rings is 2. The highest BCUT2D eigenvalue weighted by Crippen LogP contribution is 2.37. The highest BCUT2D eigenvalue weighted by molar-refractivity contribution is 8.87. The molecule has 0 bridgehead atoms. The van der Waals surface area contributed by atoms with Crippen LogP contribution < -0.4 is 18.9 Å². The van der Waals surface area contributed by atoms with Gasteiger partial charge in [-0.1, -0.05) is 0 Å². The Kier molecular flexibility index (Phi) is 4.94.